The second-order valence-electron chi connectivity index (χ2n) is 4.68. The molecule has 0 aliphatic carbocycles. The number of rotatable bonds is 4. The van der Waals surface area contributed by atoms with Crippen molar-refractivity contribution in [3.63, 3.8) is 0 Å². The number of benzene rings is 1. The summed E-state index contributed by atoms with van der Waals surface area (Å²) in [6.07, 6.45) is 1.05. The molecule has 1 amide bonds. The Bertz CT molecular complexity index is 387. The predicted octanol–water partition coefficient (Wildman–Crippen LogP) is 2.07. The molecule has 2 N–H and O–H groups in total. The van der Waals surface area contributed by atoms with Crippen LogP contribution >= 0.6 is 12.4 Å². The Labute approximate surface area is 115 Å². The number of amides is 1. The number of carbonyl (C=O) groups excluding carboxylic acids is 1. The van der Waals surface area contributed by atoms with Gasteiger partial charge in [0.1, 0.15) is 0 Å². The van der Waals surface area contributed by atoms with Crippen LogP contribution in [0.4, 0.5) is 0 Å². The van der Waals surface area contributed by atoms with Crippen LogP contribution in [0.3, 0.4) is 0 Å². The highest BCUT2D eigenvalue weighted by Gasteiger charge is 2.25. The Morgan fingerprint density at radius 2 is 2.00 bits per heavy atom. The average Bonchev–Trinajstić information content (AvgIpc) is 2.26. The maximum atomic E-state index is 11.8. The van der Waals surface area contributed by atoms with Crippen LogP contribution in [0.25, 0.3) is 0 Å². The molecule has 0 saturated carbocycles. The molecular weight excluding hydrogens is 248 g/mol. The van der Waals surface area contributed by atoms with Gasteiger partial charge < -0.3 is 10.6 Å². The summed E-state index contributed by atoms with van der Waals surface area (Å²) >= 11 is 0. The van der Waals surface area contributed by atoms with E-state index in [1.54, 1.807) is 0 Å². The first-order valence-electron chi connectivity index (χ1n) is 6.30. The third kappa shape index (κ3) is 3.47. The van der Waals surface area contributed by atoms with Gasteiger partial charge in [-0.2, -0.15) is 0 Å². The van der Waals surface area contributed by atoms with Crippen LogP contribution in [0, 0.1) is 5.92 Å². The van der Waals surface area contributed by atoms with Crippen LogP contribution in [0.5, 0.6) is 0 Å². The second kappa shape index (κ2) is 6.76. The predicted molar refractivity (Wildman–Crippen MR) is 76.0 cm³/mol. The number of hydrogen-bond acceptors (Lipinski definition) is 2. The van der Waals surface area contributed by atoms with E-state index in [-0.39, 0.29) is 30.3 Å². The largest absolute Gasteiger partial charge is 0.349 e. The average molecular weight is 269 g/mol. The normalized spacial score (nSPS) is 16.3. The fourth-order valence-electron chi connectivity index (χ4n) is 1.93. The van der Waals surface area contributed by atoms with Crippen molar-refractivity contribution >= 4 is 18.3 Å². The van der Waals surface area contributed by atoms with Crippen LogP contribution in [-0.2, 0) is 11.2 Å². The van der Waals surface area contributed by atoms with Crippen molar-refractivity contribution in [3.05, 3.63) is 35.4 Å². The van der Waals surface area contributed by atoms with E-state index in [0.29, 0.717) is 0 Å². The lowest BCUT2D eigenvalue weighted by molar-refractivity contribution is -0.127. The fraction of sp³-hybridized carbons (Fsp3) is 0.500. The molecule has 2 rings (SSSR count). The van der Waals surface area contributed by atoms with Crippen molar-refractivity contribution in [2.24, 2.45) is 5.92 Å². The summed E-state index contributed by atoms with van der Waals surface area (Å²) < 4.78 is 0. The molecule has 1 saturated heterocycles. The zero-order valence-electron chi connectivity index (χ0n) is 10.9. The molecule has 1 heterocycles. The highest BCUT2D eigenvalue weighted by molar-refractivity contribution is 5.85. The third-order valence-corrected chi connectivity index (χ3v) is 3.40. The Hall–Kier alpha value is -1.06. The number of nitrogens with one attached hydrogen (secondary N) is 2. The molecule has 1 unspecified atom stereocenters. The second-order valence-corrected chi connectivity index (χ2v) is 4.68. The van der Waals surface area contributed by atoms with Crippen LogP contribution in [-0.4, -0.2) is 19.0 Å². The summed E-state index contributed by atoms with van der Waals surface area (Å²) in [6.45, 7) is 5.80. The van der Waals surface area contributed by atoms with Crippen molar-refractivity contribution in [1.82, 2.24) is 10.6 Å². The molecule has 1 aliphatic rings. The lowest BCUT2D eigenvalue weighted by Gasteiger charge is -2.27. The Morgan fingerprint density at radius 3 is 2.44 bits per heavy atom. The Morgan fingerprint density at radius 1 is 1.39 bits per heavy atom. The van der Waals surface area contributed by atoms with Gasteiger partial charge in [-0.25, -0.2) is 0 Å². The van der Waals surface area contributed by atoms with Gasteiger partial charge in [0, 0.05) is 13.1 Å². The van der Waals surface area contributed by atoms with Crippen molar-refractivity contribution in [3.8, 4) is 0 Å². The molecule has 0 aromatic heterocycles. The summed E-state index contributed by atoms with van der Waals surface area (Å²) in [7, 11) is 0. The van der Waals surface area contributed by atoms with Gasteiger partial charge in [0.15, 0.2) is 0 Å². The summed E-state index contributed by atoms with van der Waals surface area (Å²) in [6, 6.07) is 8.55. The minimum absolute atomic E-state index is 0. The molecule has 0 radical (unpaired) electrons. The summed E-state index contributed by atoms with van der Waals surface area (Å²) in [5.41, 5.74) is 2.50. The number of carbonyl (C=O) groups is 1. The molecular formula is C14H21ClN2O. The maximum Gasteiger partial charge on any atom is 0.226 e. The SMILES string of the molecule is CCc1ccc(C(C)NC(=O)C2CNC2)cc1.Cl. The fourth-order valence-corrected chi connectivity index (χ4v) is 1.93. The van der Waals surface area contributed by atoms with Gasteiger partial charge in [-0.1, -0.05) is 31.2 Å². The highest BCUT2D eigenvalue weighted by atomic mass is 35.5. The van der Waals surface area contributed by atoms with E-state index in [1.165, 1.54) is 11.1 Å². The van der Waals surface area contributed by atoms with Gasteiger partial charge in [-0.15, -0.1) is 12.4 Å². The van der Waals surface area contributed by atoms with Gasteiger partial charge in [0.25, 0.3) is 0 Å². The molecule has 1 aromatic rings. The zero-order valence-corrected chi connectivity index (χ0v) is 11.7. The number of aryl methyl sites for hydroxylation is 1. The summed E-state index contributed by atoms with van der Waals surface area (Å²) in [4.78, 5) is 11.8. The van der Waals surface area contributed by atoms with Crippen LogP contribution in [0.2, 0.25) is 0 Å². The van der Waals surface area contributed by atoms with Crippen molar-refractivity contribution in [2.45, 2.75) is 26.3 Å². The molecule has 0 spiro atoms. The highest BCUT2D eigenvalue weighted by Crippen LogP contribution is 2.15. The molecule has 1 aromatic carbocycles. The lowest BCUT2D eigenvalue weighted by atomic mass is 10.0. The van der Waals surface area contributed by atoms with Crippen molar-refractivity contribution in [1.29, 1.82) is 0 Å². The van der Waals surface area contributed by atoms with Crippen LogP contribution in [0.1, 0.15) is 31.0 Å². The van der Waals surface area contributed by atoms with Crippen LogP contribution < -0.4 is 10.6 Å². The molecule has 0 bridgehead atoms. The molecule has 100 valence electrons. The standard InChI is InChI=1S/C14H20N2O.ClH/c1-3-11-4-6-12(7-5-11)10(2)16-14(17)13-8-15-9-13;/h4-7,10,13,15H,3,8-9H2,1-2H3,(H,16,17);1H. The zero-order chi connectivity index (χ0) is 12.3. The maximum absolute atomic E-state index is 11.8. The topological polar surface area (TPSA) is 41.1 Å². The van der Waals surface area contributed by atoms with Crippen LogP contribution in [0.15, 0.2) is 24.3 Å². The molecule has 1 atom stereocenters. The van der Waals surface area contributed by atoms with Gasteiger partial charge >= 0.3 is 0 Å². The van der Waals surface area contributed by atoms with Crippen molar-refractivity contribution < 1.29 is 4.79 Å². The smallest absolute Gasteiger partial charge is 0.226 e. The van der Waals surface area contributed by atoms with E-state index in [0.717, 1.165) is 19.5 Å². The van der Waals surface area contributed by atoms with E-state index in [1.807, 2.05) is 6.92 Å². The quantitative estimate of drug-likeness (QED) is 0.878. The third-order valence-electron chi connectivity index (χ3n) is 3.40. The monoisotopic (exact) mass is 268 g/mol. The molecule has 18 heavy (non-hydrogen) atoms. The number of hydrogen-bond donors (Lipinski definition) is 2. The summed E-state index contributed by atoms with van der Waals surface area (Å²) in [5, 5.41) is 6.17. The Kier molecular flexibility index (Phi) is 5.63. The van der Waals surface area contributed by atoms with E-state index >= 15 is 0 Å². The Balaban J connectivity index is 0.00000162. The van der Waals surface area contributed by atoms with E-state index in [4.69, 9.17) is 0 Å². The van der Waals surface area contributed by atoms with E-state index in [9.17, 15) is 4.79 Å². The van der Waals surface area contributed by atoms with E-state index in [2.05, 4.69) is 41.8 Å². The lowest BCUT2D eigenvalue weighted by Crippen LogP contribution is -2.51. The van der Waals surface area contributed by atoms with E-state index < -0.39 is 0 Å². The minimum atomic E-state index is 0. The minimum Gasteiger partial charge on any atom is -0.349 e. The molecule has 3 nitrogen and oxygen atoms in total. The first-order valence-corrected chi connectivity index (χ1v) is 6.30. The van der Waals surface area contributed by atoms with Gasteiger partial charge in [0.2, 0.25) is 5.91 Å². The van der Waals surface area contributed by atoms with Gasteiger partial charge in [0.05, 0.1) is 12.0 Å². The van der Waals surface area contributed by atoms with Gasteiger partial charge in [-0.05, 0) is 24.5 Å². The van der Waals surface area contributed by atoms with Gasteiger partial charge in [-0.3, -0.25) is 4.79 Å². The van der Waals surface area contributed by atoms with Crippen molar-refractivity contribution in [2.75, 3.05) is 13.1 Å². The molecule has 1 aliphatic heterocycles. The first kappa shape index (κ1) is 15.0. The summed E-state index contributed by atoms with van der Waals surface area (Å²) in [5.74, 6) is 0.322. The molecule has 4 heteroatoms. The first-order chi connectivity index (χ1) is 8.20. The molecule has 1 fully saturated rings. The number of halogens is 1.